The molecule has 0 aliphatic heterocycles. The third-order valence-corrected chi connectivity index (χ3v) is 10.5. The predicted octanol–water partition coefficient (Wildman–Crippen LogP) is 7.20. The Morgan fingerprint density at radius 1 is 0.848 bits per heavy atom. The van der Waals surface area contributed by atoms with E-state index in [1.165, 1.54) is 29.2 Å². The van der Waals surface area contributed by atoms with E-state index < -0.39 is 28.5 Å². The zero-order chi connectivity index (χ0) is 32.7. The number of rotatable bonds is 12. The van der Waals surface area contributed by atoms with Gasteiger partial charge in [-0.05, 0) is 61.2 Å². The van der Waals surface area contributed by atoms with Crippen molar-refractivity contribution in [3.63, 3.8) is 0 Å². The summed E-state index contributed by atoms with van der Waals surface area (Å²) in [7, 11) is -4.28. The molecule has 0 saturated heterocycles. The Balaban J connectivity index is 1.58. The van der Waals surface area contributed by atoms with Crippen LogP contribution in [0.25, 0.3) is 0 Å². The molecule has 1 saturated carbocycles. The summed E-state index contributed by atoms with van der Waals surface area (Å²) >= 11 is 12.9. The lowest BCUT2D eigenvalue weighted by Gasteiger charge is -2.34. The molecule has 46 heavy (non-hydrogen) atoms. The van der Waals surface area contributed by atoms with Crippen LogP contribution in [-0.2, 0) is 32.6 Å². The van der Waals surface area contributed by atoms with Crippen LogP contribution in [0.1, 0.15) is 42.4 Å². The summed E-state index contributed by atoms with van der Waals surface area (Å²) in [6.45, 7) is 1.45. The molecule has 1 aliphatic carbocycles. The number of anilines is 1. The molecule has 4 aromatic carbocycles. The number of halogens is 2. The first kappa shape index (κ1) is 33.5. The molecule has 7 nitrogen and oxygen atoms in total. The van der Waals surface area contributed by atoms with E-state index in [0.717, 1.165) is 46.7 Å². The minimum atomic E-state index is -4.28. The fraction of sp³-hybridized carbons (Fsp3) is 0.278. The Morgan fingerprint density at radius 3 is 2.17 bits per heavy atom. The van der Waals surface area contributed by atoms with Crippen LogP contribution in [-0.4, -0.2) is 43.8 Å². The number of amides is 2. The van der Waals surface area contributed by atoms with Gasteiger partial charge in [0.25, 0.3) is 10.0 Å². The minimum Gasteiger partial charge on any atom is -0.352 e. The van der Waals surface area contributed by atoms with E-state index in [1.54, 1.807) is 24.3 Å². The van der Waals surface area contributed by atoms with E-state index in [2.05, 4.69) is 5.32 Å². The quantitative estimate of drug-likeness (QED) is 0.172. The van der Waals surface area contributed by atoms with Gasteiger partial charge in [-0.2, -0.15) is 0 Å². The van der Waals surface area contributed by atoms with Crippen molar-refractivity contribution < 1.29 is 18.0 Å². The van der Waals surface area contributed by atoms with E-state index >= 15 is 0 Å². The van der Waals surface area contributed by atoms with E-state index in [1.807, 2.05) is 61.5 Å². The highest BCUT2D eigenvalue weighted by Crippen LogP contribution is 2.33. The molecule has 4 aromatic rings. The third-order valence-electron chi connectivity index (χ3n) is 8.19. The molecule has 0 aromatic heterocycles. The van der Waals surface area contributed by atoms with Gasteiger partial charge < -0.3 is 10.2 Å². The lowest BCUT2D eigenvalue weighted by Crippen LogP contribution is -2.54. The van der Waals surface area contributed by atoms with Crippen molar-refractivity contribution in [2.24, 2.45) is 0 Å². The molecule has 1 aliphatic rings. The van der Waals surface area contributed by atoms with Crippen LogP contribution in [0.4, 0.5) is 5.69 Å². The Morgan fingerprint density at radius 2 is 1.50 bits per heavy atom. The maximum atomic E-state index is 14.6. The highest BCUT2D eigenvalue weighted by molar-refractivity contribution is 7.92. The fourth-order valence-electron chi connectivity index (χ4n) is 5.84. The van der Waals surface area contributed by atoms with Gasteiger partial charge in [-0.3, -0.25) is 13.9 Å². The topological polar surface area (TPSA) is 86.8 Å². The summed E-state index contributed by atoms with van der Waals surface area (Å²) in [5.41, 5.74) is 2.76. The monoisotopic (exact) mass is 677 g/mol. The fourth-order valence-corrected chi connectivity index (χ4v) is 7.72. The predicted molar refractivity (Wildman–Crippen MR) is 183 cm³/mol. The van der Waals surface area contributed by atoms with Crippen LogP contribution in [0.2, 0.25) is 10.0 Å². The summed E-state index contributed by atoms with van der Waals surface area (Å²) in [6.07, 6.45) is 4.08. The van der Waals surface area contributed by atoms with Gasteiger partial charge in [-0.1, -0.05) is 114 Å². The van der Waals surface area contributed by atoms with Crippen molar-refractivity contribution in [3.8, 4) is 0 Å². The number of hydrogen-bond donors (Lipinski definition) is 1. The minimum absolute atomic E-state index is 0.0103. The van der Waals surface area contributed by atoms with Crippen LogP contribution in [0, 0.1) is 6.92 Å². The van der Waals surface area contributed by atoms with Gasteiger partial charge in [-0.15, -0.1) is 0 Å². The first-order valence-corrected chi connectivity index (χ1v) is 17.5. The van der Waals surface area contributed by atoms with E-state index in [4.69, 9.17) is 23.2 Å². The molecule has 240 valence electrons. The third kappa shape index (κ3) is 8.29. The molecule has 0 spiro atoms. The lowest BCUT2D eigenvalue weighted by molar-refractivity contribution is -0.140. The number of benzene rings is 4. The van der Waals surface area contributed by atoms with Gasteiger partial charge >= 0.3 is 0 Å². The lowest BCUT2D eigenvalue weighted by atomic mass is 10.0. The Bertz CT molecular complexity index is 1760. The van der Waals surface area contributed by atoms with Crippen LogP contribution < -0.4 is 9.62 Å². The zero-order valence-corrected chi connectivity index (χ0v) is 27.9. The zero-order valence-electron chi connectivity index (χ0n) is 25.6. The van der Waals surface area contributed by atoms with Gasteiger partial charge in [0.15, 0.2) is 0 Å². The molecule has 2 amide bonds. The highest BCUT2D eigenvalue weighted by Gasteiger charge is 2.36. The number of nitrogens with zero attached hydrogens (tertiary/aromatic N) is 2. The summed E-state index contributed by atoms with van der Waals surface area (Å²) in [5, 5.41) is 3.56. The number of nitrogens with one attached hydrogen (secondary N) is 1. The average Bonchev–Trinajstić information content (AvgIpc) is 3.56. The molecule has 0 heterocycles. The molecular formula is C36H37Cl2N3O4S. The second-order valence-electron chi connectivity index (χ2n) is 11.6. The number of aryl methyl sites for hydroxylation is 1. The normalized spacial score (nSPS) is 14.1. The summed E-state index contributed by atoms with van der Waals surface area (Å²) in [5.74, 6) is -0.824. The summed E-state index contributed by atoms with van der Waals surface area (Å²) in [6, 6.07) is 28.7. The van der Waals surface area contributed by atoms with Gasteiger partial charge in [0, 0.05) is 24.0 Å². The Labute approximate surface area is 281 Å². The largest absolute Gasteiger partial charge is 0.352 e. The molecule has 1 N–H and O–H groups in total. The van der Waals surface area contributed by atoms with Crippen molar-refractivity contribution in [1.29, 1.82) is 0 Å². The molecule has 0 unspecified atom stereocenters. The maximum absolute atomic E-state index is 14.6. The van der Waals surface area contributed by atoms with Crippen molar-refractivity contribution in [2.45, 2.75) is 62.6 Å². The van der Waals surface area contributed by atoms with Gasteiger partial charge in [0.1, 0.15) is 12.6 Å². The van der Waals surface area contributed by atoms with Crippen molar-refractivity contribution in [3.05, 3.63) is 130 Å². The second-order valence-corrected chi connectivity index (χ2v) is 14.3. The Kier molecular flexibility index (Phi) is 11.0. The maximum Gasteiger partial charge on any atom is 0.264 e. The molecular weight excluding hydrogens is 641 g/mol. The van der Waals surface area contributed by atoms with Gasteiger partial charge in [0.2, 0.25) is 11.8 Å². The number of sulfonamides is 1. The SMILES string of the molecule is Cc1cccc(CN(C(=O)CN(c2cc(Cl)ccc2Cl)S(=O)(=O)c2ccccc2)[C@@H](Cc2ccccc2)C(=O)NC2CCCC2)c1. The van der Waals surface area contributed by atoms with Crippen LogP contribution in [0.3, 0.4) is 0 Å². The van der Waals surface area contributed by atoms with E-state index in [0.29, 0.717) is 0 Å². The highest BCUT2D eigenvalue weighted by atomic mass is 35.5. The number of hydrogen-bond acceptors (Lipinski definition) is 4. The van der Waals surface area contributed by atoms with E-state index in [-0.39, 0.29) is 45.5 Å². The second kappa shape index (κ2) is 15.2. The Hall–Kier alpha value is -3.85. The van der Waals surface area contributed by atoms with Crippen LogP contribution in [0.15, 0.2) is 108 Å². The molecule has 10 heteroatoms. The summed E-state index contributed by atoms with van der Waals surface area (Å²) in [4.78, 5) is 30.2. The molecule has 1 atom stereocenters. The van der Waals surface area contributed by atoms with E-state index in [9.17, 15) is 18.0 Å². The molecule has 0 radical (unpaired) electrons. The first-order chi connectivity index (χ1) is 22.1. The molecule has 1 fully saturated rings. The first-order valence-electron chi connectivity index (χ1n) is 15.3. The van der Waals surface area contributed by atoms with Crippen LogP contribution >= 0.6 is 23.2 Å². The van der Waals surface area contributed by atoms with Crippen LogP contribution in [0.5, 0.6) is 0 Å². The summed E-state index contributed by atoms with van der Waals surface area (Å²) < 4.78 is 29.3. The van der Waals surface area contributed by atoms with Crippen molar-refractivity contribution in [1.82, 2.24) is 10.2 Å². The smallest absolute Gasteiger partial charge is 0.264 e. The molecule has 0 bridgehead atoms. The average molecular weight is 679 g/mol. The van der Waals surface area contributed by atoms with Gasteiger partial charge in [-0.25, -0.2) is 8.42 Å². The number of carbonyl (C=O) groups is 2. The molecule has 5 rings (SSSR count). The van der Waals surface area contributed by atoms with Gasteiger partial charge in [0.05, 0.1) is 15.6 Å². The van der Waals surface area contributed by atoms with Crippen molar-refractivity contribution >= 4 is 50.7 Å². The van der Waals surface area contributed by atoms with Crippen molar-refractivity contribution in [2.75, 3.05) is 10.8 Å². The standard InChI is InChI=1S/C36H37Cl2N3O4S/c1-26-11-10-14-28(21-26)24-40(34(22-27-12-4-2-5-13-27)36(43)39-30-15-8-9-16-30)35(42)25-41(33-23-29(37)19-20-32(33)38)46(44,45)31-17-6-3-7-18-31/h2-7,10-14,17-21,23,30,34H,8-9,15-16,22,24-25H2,1H3,(H,39,43)/t34-/m0/s1. The number of carbonyl (C=O) groups excluding carboxylic acids is 2.